The molecule has 1 saturated heterocycles. The number of phenols is 1. The molecule has 0 aliphatic carbocycles. The number of urea groups is 1. The summed E-state index contributed by atoms with van der Waals surface area (Å²) in [6, 6.07) is 12.4. The van der Waals surface area contributed by atoms with Crippen LogP contribution in [0.1, 0.15) is 30.1 Å². The average molecular weight is 682 g/mol. The fraction of sp³-hybridized carbons (Fsp3) is 0.367. The minimum absolute atomic E-state index is 0.0305. The van der Waals surface area contributed by atoms with Gasteiger partial charge >= 0.3 is 6.03 Å². The van der Waals surface area contributed by atoms with E-state index in [0.29, 0.717) is 43.7 Å². The summed E-state index contributed by atoms with van der Waals surface area (Å²) in [6.45, 7) is 1.39. The van der Waals surface area contributed by atoms with Crippen LogP contribution in [0.3, 0.4) is 0 Å². The maximum atomic E-state index is 13.7. The Morgan fingerprint density at radius 3 is 2.37 bits per heavy atom. The van der Waals surface area contributed by atoms with E-state index in [1.807, 2.05) is 0 Å². The van der Waals surface area contributed by atoms with Crippen molar-refractivity contribution in [3.8, 4) is 5.75 Å². The summed E-state index contributed by atoms with van der Waals surface area (Å²) in [7, 11) is -7.38. The topological polar surface area (TPSA) is 177 Å². The van der Waals surface area contributed by atoms with Gasteiger partial charge < -0.3 is 26.2 Å². The number of aliphatic hydroxyl groups is 1. The van der Waals surface area contributed by atoms with Crippen LogP contribution in [0.15, 0.2) is 65.6 Å². The lowest BCUT2D eigenvalue weighted by Crippen LogP contribution is -2.41. The van der Waals surface area contributed by atoms with Gasteiger partial charge in [0.2, 0.25) is 20.0 Å². The molecule has 1 aliphatic rings. The molecule has 0 aromatic heterocycles. The summed E-state index contributed by atoms with van der Waals surface area (Å²) < 4.78 is 80.1. The molecule has 46 heavy (non-hydrogen) atoms. The Kier molecular flexibility index (Phi) is 11.6. The Labute approximate surface area is 266 Å². The van der Waals surface area contributed by atoms with Gasteiger partial charge in [0.25, 0.3) is 0 Å². The van der Waals surface area contributed by atoms with Gasteiger partial charge in [0, 0.05) is 31.9 Å². The van der Waals surface area contributed by atoms with E-state index in [2.05, 4.69) is 20.7 Å². The first-order chi connectivity index (χ1) is 21.7. The average Bonchev–Trinajstić information content (AvgIpc) is 3.00. The normalized spacial score (nSPS) is 15.3. The number of rotatable bonds is 13. The van der Waals surface area contributed by atoms with Crippen LogP contribution in [0.2, 0.25) is 0 Å². The van der Waals surface area contributed by atoms with Gasteiger partial charge in [-0.1, -0.05) is 6.07 Å². The van der Waals surface area contributed by atoms with Crippen molar-refractivity contribution in [2.45, 2.75) is 30.3 Å². The molecule has 1 unspecified atom stereocenters. The molecule has 3 aromatic carbocycles. The molecule has 4 rings (SSSR count). The fourth-order valence-electron chi connectivity index (χ4n) is 5.02. The number of aromatic hydroxyl groups is 1. The first-order valence-corrected chi connectivity index (χ1v) is 17.8. The third-order valence-electron chi connectivity index (χ3n) is 7.48. The zero-order chi connectivity index (χ0) is 33.5. The van der Waals surface area contributed by atoms with Crippen LogP contribution in [-0.4, -0.2) is 76.4 Å². The number of nitrogens with zero attached hydrogens (tertiary/aromatic N) is 1. The van der Waals surface area contributed by atoms with E-state index in [-0.39, 0.29) is 47.3 Å². The maximum Gasteiger partial charge on any atom is 0.319 e. The largest absolute Gasteiger partial charge is 0.506 e. The number of nitrogens with one attached hydrogen (secondary N) is 4. The van der Waals surface area contributed by atoms with Gasteiger partial charge in [0.05, 0.1) is 22.9 Å². The molecule has 0 radical (unpaired) electrons. The van der Waals surface area contributed by atoms with Gasteiger partial charge in [-0.25, -0.2) is 30.4 Å². The van der Waals surface area contributed by atoms with Crippen molar-refractivity contribution in [1.29, 1.82) is 0 Å². The minimum Gasteiger partial charge on any atom is -0.506 e. The number of hydrogen-bond donors (Lipinski definition) is 6. The van der Waals surface area contributed by atoms with Crippen LogP contribution in [-0.2, 0) is 26.5 Å². The summed E-state index contributed by atoms with van der Waals surface area (Å²) >= 11 is 0. The number of amides is 2. The van der Waals surface area contributed by atoms with Crippen LogP contribution >= 0.6 is 0 Å². The van der Waals surface area contributed by atoms with Crippen LogP contribution in [0.5, 0.6) is 5.75 Å². The number of halogens is 2. The monoisotopic (exact) mass is 681 g/mol. The summed E-state index contributed by atoms with van der Waals surface area (Å²) in [5.74, 6) is -1.23. The van der Waals surface area contributed by atoms with E-state index in [9.17, 15) is 40.6 Å². The van der Waals surface area contributed by atoms with Crippen molar-refractivity contribution in [1.82, 2.24) is 14.9 Å². The van der Waals surface area contributed by atoms with Crippen LogP contribution in [0, 0.1) is 17.6 Å². The minimum atomic E-state index is -3.76. The van der Waals surface area contributed by atoms with Crippen LogP contribution < -0.4 is 20.7 Å². The van der Waals surface area contributed by atoms with Crippen molar-refractivity contribution in [3.63, 3.8) is 0 Å². The number of sulfonamides is 2. The molecule has 1 fully saturated rings. The Morgan fingerprint density at radius 2 is 1.70 bits per heavy atom. The molecule has 2 amide bonds. The Morgan fingerprint density at radius 1 is 1.00 bits per heavy atom. The van der Waals surface area contributed by atoms with E-state index in [1.165, 1.54) is 46.8 Å². The second kappa shape index (κ2) is 15.2. The highest BCUT2D eigenvalue weighted by atomic mass is 32.2. The van der Waals surface area contributed by atoms with Gasteiger partial charge in [-0.2, -0.15) is 4.31 Å². The molecule has 1 heterocycles. The highest BCUT2D eigenvalue weighted by Gasteiger charge is 2.29. The molecule has 6 N–H and O–H groups in total. The van der Waals surface area contributed by atoms with E-state index in [1.54, 1.807) is 0 Å². The number of benzene rings is 3. The quantitative estimate of drug-likeness (QED) is 0.149. The summed E-state index contributed by atoms with van der Waals surface area (Å²) in [4.78, 5) is 12.3. The molecule has 250 valence electrons. The van der Waals surface area contributed by atoms with Crippen molar-refractivity contribution < 1.29 is 40.6 Å². The molecular weight excluding hydrogens is 644 g/mol. The molecule has 16 heteroatoms. The second-order valence-corrected chi connectivity index (χ2v) is 14.7. The van der Waals surface area contributed by atoms with Gasteiger partial charge in [-0.05, 0) is 97.4 Å². The molecule has 0 saturated carbocycles. The number of piperidine rings is 1. The van der Waals surface area contributed by atoms with Gasteiger partial charge in [0.15, 0.2) is 0 Å². The number of anilines is 2. The number of carbonyl (C=O) groups excluding carboxylic acids is 1. The summed E-state index contributed by atoms with van der Waals surface area (Å²) in [5, 5.41) is 28.7. The maximum absolute atomic E-state index is 13.7. The lowest BCUT2D eigenvalue weighted by atomic mass is 9.98. The van der Waals surface area contributed by atoms with Crippen LogP contribution in [0.4, 0.5) is 25.0 Å². The SMILES string of the molecule is CS(=O)(=O)Nc1cc(C(O)CNCC2CCN(S(=O)(=O)c3ccc(NC(=O)NCCc4cc(F)ccc4F)cc3)CC2)ccc1O. The first kappa shape index (κ1) is 35.0. The van der Waals surface area contributed by atoms with E-state index >= 15 is 0 Å². The van der Waals surface area contributed by atoms with Gasteiger partial charge in [0.1, 0.15) is 17.4 Å². The Balaban J connectivity index is 1.20. The first-order valence-electron chi connectivity index (χ1n) is 14.5. The number of phenolic OH excluding ortho intramolecular Hbond substituents is 1. The fourth-order valence-corrected chi connectivity index (χ4v) is 7.05. The smallest absolute Gasteiger partial charge is 0.319 e. The molecule has 0 spiro atoms. The predicted octanol–water partition coefficient (Wildman–Crippen LogP) is 3.13. The molecule has 1 atom stereocenters. The van der Waals surface area contributed by atoms with Crippen molar-refractivity contribution >= 4 is 37.5 Å². The van der Waals surface area contributed by atoms with Crippen molar-refractivity contribution in [3.05, 3.63) is 83.4 Å². The Bertz CT molecular complexity index is 1730. The van der Waals surface area contributed by atoms with Crippen LogP contribution in [0.25, 0.3) is 0 Å². The van der Waals surface area contributed by atoms with E-state index in [4.69, 9.17) is 0 Å². The van der Waals surface area contributed by atoms with E-state index in [0.717, 1.165) is 24.5 Å². The summed E-state index contributed by atoms with van der Waals surface area (Å²) in [6.07, 6.45) is 1.29. The lowest BCUT2D eigenvalue weighted by Gasteiger charge is -2.31. The molecule has 0 bridgehead atoms. The Hall–Kier alpha value is -3.83. The zero-order valence-electron chi connectivity index (χ0n) is 25.0. The third-order valence-corrected chi connectivity index (χ3v) is 9.99. The highest BCUT2D eigenvalue weighted by molar-refractivity contribution is 7.92. The number of hydrogen-bond acceptors (Lipinski definition) is 8. The highest BCUT2D eigenvalue weighted by Crippen LogP contribution is 2.28. The standard InChI is InChI=1S/C30H37F2N5O7S2/c1-45(41,42)36-27-17-22(2-9-28(27)38)29(39)19-33-18-20-11-14-37(15-12-20)46(43,44)25-6-4-24(5-7-25)35-30(40)34-13-10-21-16-23(31)3-8-26(21)32/h2-9,16-17,20,29,33,36,38-39H,10-15,18-19H2,1H3,(H2,34,35,40). The molecular formula is C30H37F2N5O7S2. The number of aliphatic hydroxyl groups excluding tert-OH is 1. The van der Waals surface area contributed by atoms with Crippen molar-refractivity contribution in [2.75, 3.05) is 49.0 Å². The molecule has 12 nitrogen and oxygen atoms in total. The zero-order valence-corrected chi connectivity index (χ0v) is 26.7. The van der Waals surface area contributed by atoms with Gasteiger partial charge in [-0.3, -0.25) is 4.72 Å². The second-order valence-electron chi connectivity index (χ2n) is 11.1. The predicted molar refractivity (Wildman–Crippen MR) is 169 cm³/mol. The lowest BCUT2D eigenvalue weighted by molar-refractivity contribution is 0.169. The van der Waals surface area contributed by atoms with Gasteiger partial charge in [-0.15, -0.1) is 0 Å². The van der Waals surface area contributed by atoms with E-state index < -0.39 is 43.8 Å². The number of carbonyl (C=O) groups is 1. The third kappa shape index (κ3) is 9.83. The van der Waals surface area contributed by atoms with Crippen molar-refractivity contribution in [2.24, 2.45) is 5.92 Å². The molecule has 1 aliphatic heterocycles. The summed E-state index contributed by atoms with van der Waals surface area (Å²) in [5.41, 5.74) is 0.880. The molecule has 3 aromatic rings.